The summed E-state index contributed by atoms with van der Waals surface area (Å²) >= 11 is 0. The average molecular weight is 589 g/mol. The van der Waals surface area contributed by atoms with Gasteiger partial charge in [-0.15, -0.1) is 0 Å². The van der Waals surface area contributed by atoms with Crippen LogP contribution in [0.1, 0.15) is 46.3 Å². The summed E-state index contributed by atoms with van der Waals surface area (Å²) in [6, 6.07) is 24.5. The lowest BCUT2D eigenvalue weighted by Gasteiger charge is -2.41. The second kappa shape index (κ2) is 10.8. The molecular weight excluding hydrogens is 552 g/mol. The second-order valence-electron chi connectivity index (χ2n) is 11.7. The highest BCUT2D eigenvalue weighted by atomic mass is 32.2. The number of nitrogens with one attached hydrogen (secondary N) is 1. The molecule has 3 aliphatic rings. The Morgan fingerprint density at radius 2 is 1.67 bits per heavy atom. The first kappa shape index (κ1) is 28.4. The van der Waals surface area contributed by atoms with Gasteiger partial charge in [-0.05, 0) is 47.7 Å². The normalized spacial score (nSPS) is 22.6. The van der Waals surface area contributed by atoms with Gasteiger partial charge >= 0.3 is 0 Å². The summed E-state index contributed by atoms with van der Waals surface area (Å²) in [6.07, 6.45) is 2.41. The van der Waals surface area contributed by atoms with Crippen LogP contribution >= 0.6 is 0 Å². The van der Waals surface area contributed by atoms with Gasteiger partial charge < -0.3 is 20.7 Å². The van der Waals surface area contributed by atoms with Crippen LogP contribution in [-0.2, 0) is 38.1 Å². The minimum atomic E-state index is -3.43. The number of hydrogen-bond acceptors (Lipinski definition) is 6. The number of nitrogens with two attached hydrogens (primary N) is 1. The smallest absolute Gasteiger partial charge is 0.252 e. The number of sulfonamides is 1. The molecule has 220 valence electrons. The minimum Gasteiger partial charge on any atom is -0.370 e. The van der Waals surface area contributed by atoms with Crippen LogP contribution in [0.4, 0.5) is 5.69 Å². The van der Waals surface area contributed by atoms with Crippen molar-refractivity contribution in [3.8, 4) is 0 Å². The zero-order valence-corrected chi connectivity index (χ0v) is 24.5. The van der Waals surface area contributed by atoms with Gasteiger partial charge in [-0.3, -0.25) is 13.9 Å². The Balaban J connectivity index is 1.21. The van der Waals surface area contributed by atoms with Crippen LogP contribution in [0.5, 0.6) is 0 Å². The molecule has 3 aromatic carbocycles. The number of nitrogens with zero attached hydrogens (tertiary/aromatic N) is 2. The number of fused-ring (bicyclic) bond motifs is 2. The van der Waals surface area contributed by atoms with Crippen molar-refractivity contribution in [2.75, 3.05) is 30.2 Å². The SMILES string of the molecule is CS(=O)(=O)N1CC2(CCN(C(=O)C3(NC(=O)c4cccc(CN)c4)CC3OCc3ccccc3)CC2)c2ccccc21. The number of carbonyl (C=O) groups is 2. The highest BCUT2D eigenvalue weighted by Crippen LogP contribution is 2.49. The van der Waals surface area contributed by atoms with Crippen LogP contribution in [0.3, 0.4) is 0 Å². The molecule has 2 unspecified atom stereocenters. The summed E-state index contributed by atoms with van der Waals surface area (Å²) < 4.78 is 32.9. The fourth-order valence-electron chi connectivity index (χ4n) is 6.46. The number of anilines is 1. The van der Waals surface area contributed by atoms with Crippen molar-refractivity contribution in [1.29, 1.82) is 0 Å². The van der Waals surface area contributed by atoms with Gasteiger partial charge in [-0.25, -0.2) is 8.42 Å². The average Bonchev–Trinajstić information content (AvgIpc) is 3.61. The predicted octanol–water partition coefficient (Wildman–Crippen LogP) is 2.94. The zero-order valence-electron chi connectivity index (χ0n) is 23.7. The monoisotopic (exact) mass is 588 g/mol. The zero-order chi connectivity index (χ0) is 29.5. The Labute approximate surface area is 246 Å². The lowest BCUT2D eigenvalue weighted by molar-refractivity contribution is -0.137. The number of piperidine rings is 1. The molecule has 42 heavy (non-hydrogen) atoms. The van der Waals surface area contributed by atoms with E-state index in [0.29, 0.717) is 57.6 Å². The second-order valence-corrected chi connectivity index (χ2v) is 13.6. The van der Waals surface area contributed by atoms with E-state index in [1.54, 1.807) is 23.1 Å². The largest absolute Gasteiger partial charge is 0.370 e. The Morgan fingerprint density at radius 1 is 0.976 bits per heavy atom. The van der Waals surface area contributed by atoms with Crippen LogP contribution in [0.2, 0.25) is 0 Å². The van der Waals surface area contributed by atoms with E-state index < -0.39 is 21.7 Å². The van der Waals surface area contributed by atoms with Crippen LogP contribution in [0.15, 0.2) is 78.9 Å². The molecule has 3 N–H and O–H groups in total. The minimum absolute atomic E-state index is 0.162. The number of hydrogen-bond donors (Lipinski definition) is 2. The Hall–Kier alpha value is -3.73. The highest BCUT2D eigenvalue weighted by molar-refractivity contribution is 7.92. The molecule has 1 saturated heterocycles. The molecule has 2 aliphatic heterocycles. The topological polar surface area (TPSA) is 122 Å². The molecule has 10 heteroatoms. The molecular formula is C32H36N4O5S. The lowest BCUT2D eigenvalue weighted by Crippen LogP contribution is -2.56. The van der Waals surface area contributed by atoms with Crippen molar-refractivity contribution in [3.05, 3.63) is 101 Å². The van der Waals surface area contributed by atoms with E-state index in [2.05, 4.69) is 5.32 Å². The van der Waals surface area contributed by atoms with E-state index in [9.17, 15) is 18.0 Å². The molecule has 1 saturated carbocycles. The number of carbonyl (C=O) groups excluding carboxylic acids is 2. The van der Waals surface area contributed by atoms with E-state index in [1.165, 1.54) is 10.6 Å². The third-order valence-corrected chi connectivity index (χ3v) is 10.1. The molecule has 2 heterocycles. The summed E-state index contributed by atoms with van der Waals surface area (Å²) in [5, 5.41) is 3.04. The fraction of sp³-hybridized carbons (Fsp3) is 0.375. The molecule has 6 rings (SSSR count). The van der Waals surface area contributed by atoms with E-state index in [0.717, 1.165) is 22.4 Å². The maximum absolute atomic E-state index is 14.2. The van der Waals surface area contributed by atoms with Gasteiger partial charge in [0.25, 0.3) is 11.8 Å². The lowest BCUT2D eigenvalue weighted by atomic mass is 9.74. The number of para-hydroxylation sites is 1. The summed E-state index contributed by atoms with van der Waals surface area (Å²) in [5.74, 6) is -0.503. The first-order chi connectivity index (χ1) is 20.1. The van der Waals surface area contributed by atoms with Gasteiger partial charge in [0, 0.05) is 43.6 Å². The number of ether oxygens (including phenoxy) is 1. The van der Waals surface area contributed by atoms with Crippen molar-refractivity contribution < 1.29 is 22.7 Å². The first-order valence-corrected chi connectivity index (χ1v) is 16.1. The van der Waals surface area contributed by atoms with Crippen LogP contribution in [-0.4, -0.2) is 62.7 Å². The van der Waals surface area contributed by atoms with Crippen molar-refractivity contribution >= 4 is 27.5 Å². The molecule has 1 spiro atoms. The van der Waals surface area contributed by atoms with Gasteiger partial charge in [-0.1, -0.05) is 60.7 Å². The van der Waals surface area contributed by atoms with E-state index in [-0.39, 0.29) is 17.2 Å². The number of amides is 2. The number of rotatable bonds is 8. The molecule has 2 amide bonds. The van der Waals surface area contributed by atoms with Crippen molar-refractivity contribution in [1.82, 2.24) is 10.2 Å². The molecule has 0 radical (unpaired) electrons. The maximum atomic E-state index is 14.2. The van der Waals surface area contributed by atoms with E-state index >= 15 is 0 Å². The number of likely N-dealkylation sites (tertiary alicyclic amines) is 1. The highest BCUT2D eigenvalue weighted by Gasteiger charge is 2.64. The van der Waals surface area contributed by atoms with Gasteiger partial charge in [-0.2, -0.15) is 0 Å². The van der Waals surface area contributed by atoms with E-state index in [4.69, 9.17) is 10.5 Å². The summed E-state index contributed by atoms with van der Waals surface area (Å²) in [6.45, 7) is 1.92. The molecule has 0 aromatic heterocycles. The van der Waals surface area contributed by atoms with Crippen LogP contribution < -0.4 is 15.4 Å². The fourth-order valence-corrected chi connectivity index (χ4v) is 7.46. The quantitative estimate of drug-likeness (QED) is 0.417. The molecule has 2 fully saturated rings. The van der Waals surface area contributed by atoms with Crippen molar-refractivity contribution in [2.24, 2.45) is 5.73 Å². The third-order valence-electron chi connectivity index (χ3n) is 8.93. The molecule has 0 bridgehead atoms. The molecule has 2 atom stereocenters. The molecule has 1 aliphatic carbocycles. The molecule has 3 aromatic rings. The Kier molecular flexibility index (Phi) is 7.32. The summed E-state index contributed by atoms with van der Waals surface area (Å²) in [5.41, 5.74) is 8.26. The van der Waals surface area contributed by atoms with E-state index in [1.807, 2.05) is 60.7 Å². The Morgan fingerprint density at radius 3 is 2.38 bits per heavy atom. The van der Waals surface area contributed by atoms with Gasteiger partial charge in [0.05, 0.1) is 24.7 Å². The predicted molar refractivity (Wildman–Crippen MR) is 160 cm³/mol. The van der Waals surface area contributed by atoms with Crippen molar-refractivity contribution in [2.45, 2.75) is 49.5 Å². The van der Waals surface area contributed by atoms with Gasteiger partial charge in [0.15, 0.2) is 0 Å². The standard InChI is InChI=1S/C32H36N4O5S/c1-42(39,40)36-22-31(26-12-5-6-13-27(26)36)14-16-35(17-15-31)30(38)32(19-28(32)41-21-23-8-3-2-4-9-23)34-29(37)25-11-7-10-24(18-25)20-33/h2-13,18,28H,14-17,19-22,33H2,1H3,(H,34,37). The maximum Gasteiger partial charge on any atom is 0.252 e. The van der Waals surface area contributed by atoms with Gasteiger partial charge in [0.1, 0.15) is 5.54 Å². The number of benzene rings is 3. The van der Waals surface area contributed by atoms with Gasteiger partial charge in [0.2, 0.25) is 10.0 Å². The molecule has 9 nitrogen and oxygen atoms in total. The summed E-state index contributed by atoms with van der Waals surface area (Å²) in [4.78, 5) is 29.4. The third kappa shape index (κ3) is 5.19. The summed E-state index contributed by atoms with van der Waals surface area (Å²) in [7, 11) is -3.43. The van der Waals surface area contributed by atoms with Crippen LogP contribution in [0.25, 0.3) is 0 Å². The first-order valence-electron chi connectivity index (χ1n) is 14.3. The Bertz CT molecular complexity index is 1600. The van der Waals surface area contributed by atoms with Crippen LogP contribution in [0, 0.1) is 0 Å². The van der Waals surface area contributed by atoms with Crippen molar-refractivity contribution in [3.63, 3.8) is 0 Å².